The maximum absolute atomic E-state index is 10.8. The van der Waals surface area contributed by atoms with Crippen molar-refractivity contribution < 1.29 is 14.3 Å². The summed E-state index contributed by atoms with van der Waals surface area (Å²) in [6, 6.07) is 7.04. The molecule has 0 unspecified atom stereocenters. The predicted octanol–water partition coefficient (Wildman–Crippen LogP) is 2.67. The number of nitrogens with zero attached hydrogens (tertiary/aromatic N) is 1. The molecule has 0 radical (unpaired) electrons. The molecule has 0 atom stereocenters. The SMILES string of the molecule is O=C(O)c1ccoc1CSc1ccccn1. The molecule has 0 spiro atoms. The van der Waals surface area contributed by atoms with Gasteiger partial charge in [0.05, 0.1) is 17.0 Å². The fourth-order valence-electron chi connectivity index (χ4n) is 1.21. The topological polar surface area (TPSA) is 63.3 Å². The largest absolute Gasteiger partial charge is 0.478 e. The van der Waals surface area contributed by atoms with Crippen molar-refractivity contribution in [2.24, 2.45) is 0 Å². The van der Waals surface area contributed by atoms with Crippen molar-refractivity contribution in [1.29, 1.82) is 0 Å². The van der Waals surface area contributed by atoms with Gasteiger partial charge in [-0.3, -0.25) is 0 Å². The summed E-state index contributed by atoms with van der Waals surface area (Å²) in [5.74, 6) is -0.0421. The van der Waals surface area contributed by atoms with Crippen molar-refractivity contribution in [2.75, 3.05) is 0 Å². The van der Waals surface area contributed by atoms with Gasteiger partial charge in [0.1, 0.15) is 11.3 Å². The standard InChI is InChI=1S/C11H9NO3S/c13-11(14)8-4-6-15-9(8)7-16-10-3-1-2-5-12-10/h1-6H,7H2,(H,13,14). The Hall–Kier alpha value is -1.75. The highest BCUT2D eigenvalue weighted by atomic mass is 32.2. The highest BCUT2D eigenvalue weighted by molar-refractivity contribution is 7.98. The van der Waals surface area contributed by atoms with E-state index in [2.05, 4.69) is 4.98 Å². The third-order valence-electron chi connectivity index (χ3n) is 1.96. The Morgan fingerprint density at radius 2 is 2.31 bits per heavy atom. The second kappa shape index (κ2) is 4.85. The number of thioether (sulfide) groups is 1. The van der Waals surface area contributed by atoms with Crippen molar-refractivity contribution in [3.05, 3.63) is 48.0 Å². The number of pyridine rings is 1. The summed E-state index contributed by atoms with van der Waals surface area (Å²) in [5, 5.41) is 9.71. The van der Waals surface area contributed by atoms with E-state index in [1.807, 2.05) is 18.2 Å². The molecule has 0 aliphatic rings. The van der Waals surface area contributed by atoms with Crippen LogP contribution >= 0.6 is 11.8 Å². The van der Waals surface area contributed by atoms with Crippen LogP contribution in [0.1, 0.15) is 16.1 Å². The van der Waals surface area contributed by atoms with Crippen molar-refractivity contribution in [3.8, 4) is 0 Å². The monoisotopic (exact) mass is 235 g/mol. The minimum Gasteiger partial charge on any atom is -0.478 e. The molecule has 0 aliphatic carbocycles. The summed E-state index contributed by atoms with van der Waals surface area (Å²) < 4.78 is 5.12. The summed E-state index contributed by atoms with van der Waals surface area (Å²) in [4.78, 5) is 14.9. The maximum atomic E-state index is 10.8. The Balaban J connectivity index is 2.05. The number of hydrogen-bond acceptors (Lipinski definition) is 4. The summed E-state index contributed by atoms with van der Waals surface area (Å²) >= 11 is 1.44. The number of aromatic carboxylic acids is 1. The molecule has 2 heterocycles. The molecule has 1 N–H and O–H groups in total. The first-order valence-electron chi connectivity index (χ1n) is 4.61. The number of furan rings is 1. The second-order valence-electron chi connectivity index (χ2n) is 3.02. The molecular weight excluding hydrogens is 226 g/mol. The minimum atomic E-state index is -0.967. The summed E-state index contributed by atoms with van der Waals surface area (Å²) in [7, 11) is 0. The zero-order chi connectivity index (χ0) is 11.4. The Kier molecular flexibility index (Phi) is 3.26. The molecule has 0 aliphatic heterocycles. The van der Waals surface area contributed by atoms with Crippen LogP contribution < -0.4 is 0 Å². The molecule has 0 saturated heterocycles. The van der Waals surface area contributed by atoms with E-state index in [9.17, 15) is 4.79 Å². The van der Waals surface area contributed by atoms with Crippen LogP contribution in [0, 0.1) is 0 Å². The van der Waals surface area contributed by atoms with Gasteiger partial charge in [0, 0.05) is 6.20 Å². The fraction of sp³-hybridized carbons (Fsp3) is 0.0909. The average molecular weight is 235 g/mol. The van der Waals surface area contributed by atoms with Gasteiger partial charge in [0.15, 0.2) is 0 Å². The minimum absolute atomic E-state index is 0.212. The van der Waals surface area contributed by atoms with E-state index in [0.29, 0.717) is 11.5 Å². The van der Waals surface area contributed by atoms with Crippen LogP contribution in [0.15, 0.2) is 46.2 Å². The van der Waals surface area contributed by atoms with Crippen molar-refractivity contribution in [2.45, 2.75) is 10.8 Å². The number of carbonyl (C=O) groups is 1. The molecule has 2 rings (SSSR count). The van der Waals surface area contributed by atoms with Gasteiger partial charge in [-0.1, -0.05) is 17.8 Å². The highest BCUT2D eigenvalue weighted by Gasteiger charge is 2.13. The molecule has 0 bridgehead atoms. The number of carboxylic acid groups (broad SMARTS) is 1. The molecule has 82 valence electrons. The van der Waals surface area contributed by atoms with Gasteiger partial charge in [-0.05, 0) is 18.2 Å². The Morgan fingerprint density at radius 3 is 3.00 bits per heavy atom. The number of hydrogen-bond donors (Lipinski definition) is 1. The average Bonchev–Trinajstić information content (AvgIpc) is 2.76. The zero-order valence-corrected chi connectivity index (χ0v) is 9.11. The molecule has 2 aromatic heterocycles. The van der Waals surface area contributed by atoms with Crippen LogP contribution in [0.5, 0.6) is 0 Å². The van der Waals surface area contributed by atoms with Gasteiger partial charge < -0.3 is 9.52 Å². The first-order chi connectivity index (χ1) is 7.77. The number of carboxylic acids is 1. The van der Waals surface area contributed by atoms with Gasteiger partial charge >= 0.3 is 5.97 Å². The quantitative estimate of drug-likeness (QED) is 0.825. The molecule has 0 fully saturated rings. The van der Waals surface area contributed by atoms with Gasteiger partial charge in [-0.15, -0.1) is 0 Å². The Bertz CT molecular complexity index is 481. The van der Waals surface area contributed by atoms with Crippen molar-refractivity contribution in [3.63, 3.8) is 0 Å². The molecule has 0 saturated carbocycles. The zero-order valence-electron chi connectivity index (χ0n) is 8.29. The Morgan fingerprint density at radius 1 is 1.44 bits per heavy atom. The molecular formula is C11H9NO3S. The third kappa shape index (κ3) is 2.43. The van der Waals surface area contributed by atoms with Gasteiger partial charge in [0.25, 0.3) is 0 Å². The number of aromatic nitrogens is 1. The van der Waals surface area contributed by atoms with E-state index in [1.165, 1.54) is 24.1 Å². The second-order valence-corrected chi connectivity index (χ2v) is 4.01. The van der Waals surface area contributed by atoms with Gasteiger partial charge in [-0.25, -0.2) is 9.78 Å². The van der Waals surface area contributed by atoms with Gasteiger partial charge in [-0.2, -0.15) is 0 Å². The predicted molar refractivity (Wildman–Crippen MR) is 59.5 cm³/mol. The third-order valence-corrected chi connectivity index (χ3v) is 2.91. The summed E-state index contributed by atoms with van der Waals surface area (Å²) in [6.45, 7) is 0. The van der Waals surface area contributed by atoms with Crippen LogP contribution in [0.4, 0.5) is 0 Å². The van der Waals surface area contributed by atoms with Crippen LogP contribution in [0.3, 0.4) is 0 Å². The van der Waals surface area contributed by atoms with Crippen LogP contribution in [-0.4, -0.2) is 16.1 Å². The molecule has 5 heteroatoms. The Labute approximate surface area is 96.3 Å². The van der Waals surface area contributed by atoms with E-state index < -0.39 is 5.97 Å². The lowest BCUT2D eigenvalue weighted by Gasteiger charge is -1.99. The normalized spacial score (nSPS) is 10.2. The van der Waals surface area contributed by atoms with E-state index in [4.69, 9.17) is 9.52 Å². The lowest BCUT2D eigenvalue weighted by Crippen LogP contribution is -1.97. The van der Waals surface area contributed by atoms with Crippen LogP contribution in [-0.2, 0) is 5.75 Å². The van der Waals surface area contributed by atoms with Crippen molar-refractivity contribution in [1.82, 2.24) is 4.98 Å². The van der Waals surface area contributed by atoms with Gasteiger partial charge in [0.2, 0.25) is 0 Å². The highest BCUT2D eigenvalue weighted by Crippen LogP contribution is 2.23. The summed E-state index contributed by atoms with van der Waals surface area (Å²) in [5.41, 5.74) is 0.212. The first kappa shape index (κ1) is 10.8. The van der Waals surface area contributed by atoms with Crippen molar-refractivity contribution >= 4 is 17.7 Å². The lowest BCUT2D eigenvalue weighted by molar-refractivity contribution is 0.0695. The van der Waals surface area contributed by atoms with Crippen LogP contribution in [0.2, 0.25) is 0 Å². The maximum Gasteiger partial charge on any atom is 0.339 e. The molecule has 16 heavy (non-hydrogen) atoms. The molecule has 4 nitrogen and oxygen atoms in total. The van der Waals surface area contributed by atoms with Crippen LogP contribution in [0.25, 0.3) is 0 Å². The lowest BCUT2D eigenvalue weighted by atomic mass is 10.3. The smallest absolute Gasteiger partial charge is 0.339 e. The van der Waals surface area contributed by atoms with E-state index >= 15 is 0 Å². The van der Waals surface area contributed by atoms with E-state index in [-0.39, 0.29) is 5.56 Å². The number of rotatable bonds is 4. The molecule has 0 amide bonds. The van der Waals surface area contributed by atoms with E-state index in [0.717, 1.165) is 5.03 Å². The first-order valence-corrected chi connectivity index (χ1v) is 5.59. The fourth-order valence-corrected chi connectivity index (χ4v) is 2.03. The molecule has 2 aromatic rings. The summed E-state index contributed by atoms with van der Waals surface area (Å²) in [6.07, 6.45) is 3.08. The van der Waals surface area contributed by atoms with E-state index in [1.54, 1.807) is 6.20 Å². The molecule has 0 aromatic carbocycles.